The summed E-state index contributed by atoms with van der Waals surface area (Å²) in [4.78, 5) is 44.5. The highest BCUT2D eigenvalue weighted by atomic mass is 32.2. The van der Waals surface area contributed by atoms with Crippen molar-refractivity contribution in [2.75, 3.05) is 51.5 Å². The summed E-state index contributed by atoms with van der Waals surface area (Å²) in [6.45, 7) is 8.39. The van der Waals surface area contributed by atoms with E-state index in [4.69, 9.17) is 23.9 Å². The molecule has 1 saturated heterocycles. The lowest BCUT2D eigenvalue weighted by molar-refractivity contribution is -0.384. The number of aliphatic imine (C=N–C) groups is 1. The second-order valence-electron chi connectivity index (χ2n) is 11.3. The highest BCUT2D eigenvalue weighted by molar-refractivity contribution is 7.99. The van der Waals surface area contributed by atoms with E-state index in [1.807, 2.05) is 17.0 Å². The summed E-state index contributed by atoms with van der Waals surface area (Å²) in [5, 5.41) is 25.2. The summed E-state index contributed by atoms with van der Waals surface area (Å²) in [6, 6.07) is 14.2. The van der Waals surface area contributed by atoms with Crippen LogP contribution in [0, 0.1) is 16.0 Å². The van der Waals surface area contributed by atoms with Gasteiger partial charge in [-0.2, -0.15) is 11.8 Å². The molecule has 2 N–H and O–H groups in total. The molecule has 13 nitrogen and oxygen atoms in total. The van der Waals surface area contributed by atoms with E-state index in [9.17, 15) is 24.8 Å². The van der Waals surface area contributed by atoms with Crippen LogP contribution in [0.4, 0.5) is 5.69 Å². The zero-order chi connectivity index (χ0) is 34.6. The Kier molecular flexibility index (Phi) is 14.1. The molecule has 4 unspecified atom stereocenters. The third-order valence-corrected chi connectivity index (χ3v) is 9.04. The van der Waals surface area contributed by atoms with Gasteiger partial charge in [-0.1, -0.05) is 36.4 Å². The van der Waals surface area contributed by atoms with Crippen LogP contribution in [0.3, 0.4) is 0 Å². The molecule has 2 heterocycles. The summed E-state index contributed by atoms with van der Waals surface area (Å²) < 4.78 is 21.5. The Bertz CT molecular complexity index is 1500. The van der Waals surface area contributed by atoms with Gasteiger partial charge in [-0.3, -0.25) is 24.8 Å². The molecule has 4 rings (SSSR count). The number of rotatable bonds is 16. The monoisotopic (exact) mass is 684 g/mol. The molecule has 14 heteroatoms. The number of aliphatic hydroxyl groups is 1. The predicted octanol–water partition coefficient (Wildman–Crippen LogP) is 3.80. The van der Waals surface area contributed by atoms with Crippen LogP contribution in [0.1, 0.15) is 43.4 Å². The van der Waals surface area contributed by atoms with E-state index in [1.165, 1.54) is 12.1 Å². The van der Waals surface area contributed by atoms with Crippen molar-refractivity contribution in [2.24, 2.45) is 10.9 Å². The maximum absolute atomic E-state index is 13.5. The molecule has 2 aliphatic rings. The summed E-state index contributed by atoms with van der Waals surface area (Å²) in [5.41, 5.74) is 3.66. The van der Waals surface area contributed by atoms with Gasteiger partial charge in [-0.05, 0) is 37.5 Å². The van der Waals surface area contributed by atoms with Crippen LogP contribution in [0.25, 0.3) is 0 Å². The largest absolute Gasteiger partial charge is 0.465 e. The van der Waals surface area contributed by atoms with Gasteiger partial charge in [0.1, 0.15) is 5.92 Å². The van der Waals surface area contributed by atoms with Crippen molar-refractivity contribution in [3.8, 4) is 0 Å². The fourth-order valence-electron chi connectivity index (χ4n) is 5.96. The van der Waals surface area contributed by atoms with Gasteiger partial charge in [0.2, 0.25) is 0 Å². The summed E-state index contributed by atoms with van der Waals surface area (Å²) in [6.07, 6.45) is -1.50. The molecular formula is C34H44N4O9S. The number of benzene rings is 2. The van der Waals surface area contributed by atoms with Crippen molar-refractivity contribution in [1.29, 1.82) is 0 Å². The molecule has 0 amide bonds. The number of hydrogen-bond donors (Lipinski definition) is 2. The maximum atomic E-state index is 13.5. The van der Waals surface area contributed by atoms with Crippen LogP contribution < -0.4 is 5.32 Å². The second-order valence-corrected chi connectivity index (χ2v) is 12.4. The molecule has 2 aromatic carbocycles. The highest BCUT2D eigenvalue weighted by Crippen LogP contribution is 2.41. The number of aliphatic hydroxyl groups excluding tert-OH is 1. The smallest absolute Gasteiger partial charge is 0.336 e. The Hall–Kier alpha value is -3.66. The molecule has 0 aromatic heterocycles. The molecule has 2 aromatic rings. The molecule has 4 atom stereocenters. The molecule has 0 radical (unpaired) electrons. The molecule has 1 fully saturated rings. The van der Waals surface area contributed by atoms with Crippen molar-refractivity contribution in [2.45, 2.75) is 52.3 Å². The number of nitro benzene ring substituents is 1. The lowest BCUT2D eigenvalue weighted by atomic mass is 9.75. The second kappa shape index (κ2) is 18.2. The maximum Gasteiger partial charge on any atom is 0.336 e. The molecule has 0 bridgehead atoms. The predicted molar refractivity (Wildman–Crippen MR) is 181 cm³/mol. The van der Waals surface area contributed by atoms with Crippen LogP contribution >= 0.6 is 11.8 Å². The van der Waals surface area contributed by atoms with E-state index < -0.39 is 41.2 Å². The first-order valence-electron chi connectivity index (χ1n) is 16.0. The molecule has 0 saturated carbocycles. The van der Waals surface area contributed by atoms with E-state index in [-0.39, 0.29) is 24.5 Å². The van der Waals surface area contributed by atoms with E-state index in [2.05, 4.69) is 17.4 Å². The molecule has 0 spiro atoms. The number of nitrogens with one attached hydrogen (secondary N) is 1. The zero-order valence-electron chi connectivity index (χ0n) is 27.8. The number of nitro groups is 1. The third kappa shape index (κ3) is 9.49. The number of ether oxygens (including phenoxy) is 4. The minimum atomic E-state index is -0.983. The van der Waals surface area contributed by atoms with Crippen molar-refractivity contribution in [3.05, 3.63) is 86.6 Å². The third-order valence-electron chi connectivity index (χ3n) is 8.07. The molecule has 48 heavy (non-hydrogen) atoms. The van der Waals surface area contributed by atoms with Gasteiger partial charge in [-0.15, -0.1) is 0 Å². The Morgan fingerprint density at radius 1 is 1.15 bits per heavy atom. The van der Waals surface area contributed by atoms with Gasteiger partial charge in [0.15, 0.2) is 12.5 Å². The van der Waals surface area contributed by atoms with Gasteiger partial charge < -0.3 is 29.4 Å². The Morgan fingerprint density at radius 2 is 1.90 bits per heavy atom. The van der Waals surface area contributed by atoms with Gasteiger partial charge in [0, 0.05) is 68.6 Å². The number of nitrogens with zero attached hydrogens (tertiary/aromatic N) is 3. The summed E-state index contributed by atoms with van der Waals surface area (Å²) in [7, 11) is 1.56. The number of thioether (sulfide) groups is 1. The summed E-state index contributed by atoms with van der Waals surface area (Å²) >= 11 is 1.57. The van der Waals surface area contributed by atoms with Gasteiger partial charge in [-0.25, -0.2) is 4.79 Å². The quantitative estimate of drug-likeness (QED) is 0.114. The lowest BCUT2D eigenvalue weighted by Gasteiger charge is -2.37. The number of hydrogen-bond acceptors (Lipinski definition) is 13. The van der Waals surface area contributed by atoms with Crippen molar-refractivity contribution in [1.82, 2.24) is 10.2 Å². The number of esters is 2. The van der Waals surface area contributed by atoms with Gasteiger partial charge >= 0.3 is 11.9 Å². The number of carbonyl (C=O) groups is 2. The minimum absolute atomic E-state index is 0.115. The molecule has 0 aliphatic carbocycles. The number of morpholine rings is 1. The molecule has 260 valence electrons. The first-order valence-corrected chi connectivity index (χ1v) is 17.1. The number of non-ortho nitro benzene ring substituents is 1. The fourth-order valence-corrected chi connectivity index (χ4v) is 6.80. The normalized spacial score (nSPS) is 21.5. The van der Waals surface area contributed by atoms with Gasteiger partial charge in [0.25, 0.3) is 5.69 Å². The van der Waals surface area contributed by atoms with Crippen LogP contribution in [0.5, 0.6) is 0 Å². The van der Waals surface area contributed by atoms with Crippen molar-refractivity contribution < 1.29 is 38.6 Å². The first kappa shape index (κ1) is 37.2. The average Bonchev–Trinajstić information content (AvgIpc) is 3.06. The number of methoxy groups -OCH3 is 1. The number of carbonyl (C=O) groups excluding carboxylic acids is 2. The van der Waals surface area contributed by atoms with E-state index in [0.717, 1.165) is 11.1 Å². The van der Waals surface area contributed by atoms with Crippen molar-refractivity contribution in [3.63, 3.8) is 0 Å². The van der Waals surface area contributed by atoms with Crippen LogP contribution in [0.2, 0.25) is 0 Å². The van der Waals surface area contributed by atoms with Crippen LogP contribution in [-0.2, 0) is 41.6 Å². The first-order chi connectivity index (χ1) is 23.2. The van der Waals surface area contributed by atoms with Gasteiger partial charge in [0.05, 0.1) is 36.0 Å². The molecular weight excluding hydrogens is 640 g/mol. The fraction of sp³-hybridized carbons (Fsp3) is 0.500. The average molecular weight is 685 g/mol. The Balaban J connectivity index is 1.44. The topological polar surface area (TPSA) is 162 Å². The highest BCUT2D eigenvalue weighted by Gasteiger charge is 2.43. The van der Waals surface area contributed by atoms with E-state index in [1.54, 1.807) is 51.8 Å². The van der Waals surface area contributed by atoms with Crippen molar-refractivity contribution >= 4 is 35.1 Å². The minimum Gasteiger partial charge on any atom is -0.465 e. The van der Waals surface area contributed by atoms with Crippen LogP contribution in [0.15, 0.2) is 64.8 Å². The van der Waals surface area contributed by atoms with Crippen LogP contribution in [-0.4, -0.2) is 96.6 Å². The Morgan fingerprint density at radius 3 is 2.62 bits per heavy atom. The molecule has 2 aliphatic heterocycles. The Labute approximate surface area is 284 Å². The summed E-state index contributed by atoms with van der Waals surface area (Å²) in [5.74, 6) is -1.89. The zero-order valence-corrected chi connectivity index (χ0v) is 28.6. The SMILES string of the molecule is CCOC(=O)C1=C(CSCCNCc2cccc(CN3CCOC(O)C3OC)c2)N=C(C)C(C(=O)OCC)C1c1cccc([N+](=O)[O-])c1. The lowest BCUT2D eigenvalue weighted by Crippen LogP contribution is -2.51. The van der Waals surface area contributed by atoms with E-state index in [0.29, 0.717) is 61.3 Å². The standard InChI is InChI=1S/C34H44N4O9S/c1-5-45-32(39)28-22(3)36-27(30(33(40)46-6-2)29(28)25-11-8-12-26(18-25)38(42)43)21-48-16-13-35-19-23-9-7-10-24(17-23)20-37-14-15-47-34(41)31(37)44-4/h7-12,17-18,28-29,31,34-35,41H,5-6,13-16,19-21H2,1-4H3. The van der Waals surface area contributed by atoms with E-state index >= 15 is 0 Å².